The van der Waals surface area contributed by atoms with Crippen LogP contribution < -0.4 is 10.6 Å². The molecule has 1 amide bonds. The number of hydrogen-bond acceptors (Lipinski definition) is 5. The normalized spacial score (nSPS) is 22.1. The summed E-state index contributed by atoms with van der Waals surface area (Å²) in [6, 6.07) is 3.39. The number of halogens is 4. The third-order valence-corrected chi connectivity index (χ3v) is 4.79. The first kappa shape index (κ1) is 20.0. The van der Waals surface area contributed by atoms with Crippen LogP contribution in [0.15, 0.2) is 42.7 Å². The molecule has 1 saturated heterocycles. The quantitative estimate of drug-likeness (QED) is 0.588. The van der Waals surface area contributed by atoms with Gasteiger partial charge in [0.05, 0.1) is 11.0 Å². The van der Waals surface area contributed by atoms with Gasteiger partial charge in [0.15, 0.2) is 0 Å². The number of pyridine rings is 1. The number of benzene rings is 1. The van der Waals surface area contributed by atoms with Gasteiger partial charge in [-0.25, -0.2) is 0 Å². The molecule has 11 heteroatoms. The second-order valence-corrected chi connectivity index (χ2v) is 6.68. The lowest BCUT2D eigenvalue weighted by Gasteiger charge is -2.22. The first-order chi connectivity index (χ1) is 13.2. The largest absolute Gasteiger partial charge is 0.404 e. The van der Waals surface area contributed by atoms with Gasteiger partial charge in [-0.05, 0) is 30.2 Å². The molecule has 1 fully saturated rings. The first-order valence-corrected chi connectivity index (χ1v) is 8.52. The first-order valence-electron chi connectivity index (χ1n) is 8.14. The van der Waals surface area contributed by atoms with Gasteiger partial charge in [-0.2, -0.15) is 13.2 Å². The van der Waals surface area contributed by atoms with Crippen molar-refractivity contribution in [2.24, 2.45) is 0 Å². The summed E-state index contributed by atoms with van der Waals surface area (Å²) in [5, 5.41) is 15.5. The number of carbonyl (C=O) groups excluding carboxylic acids is 1. The molecule has 1 aromatic carbocycles. The lowest BCUT2D eigenvalue weighted by molar-refractivity contribution is -0.384. The van der Waals surface area contributed by atoms with E-state index in [0.717, 1.165) is 12.1 Å². The summed E-state index contributed by atoms with van der Waals surface area (Å²) in [6.07, 6.45) is -1.88. The van der Waals surface area contributed by atoms with Crippen molar-refractivity contribution in [2.45, 2.75) is 30.6 Å². The molecule has 0 aliphatic carbocycles. The summed E-state index contributed by atoms with van der Waals surface area (Å²) in [5.41, 5.74) is 0.184. The SMILES string of the molecule is O=C(Nc1ccncc1)C1CC(c2ccc([N+](=O)[O-])c(Cl)c2)C(C(F)(F)F)N1. The highest BCUT2D eigenvalue weighted by molar-refractivity contribution is 6.32. The Morgan fingerprint density at radius 1 is 1.29 bits per heavy atom. The van der Waals surface area contributed by atoms with Gasteiger partial charge in [0.25, 0.3) is 5.69 Å². The summed E-state index contributed by atoms with van der Waals surface area (Å²) in [7, 11) is 0. The molecule has 28 heavy (non-hydrogen) atoms. The van der Waals surface area contributed by atoms with Crippen molar-refractivity contribution in [2.75, 3.05) is 5.32 Å². The molecule has 1 aliphatic rings. The zero-order valence-electron chi connectivity index (χ0n) is 14.1. The third kappa shape index (κ3) is 4.23. The van der Waals surface area contributed by atoms with E-state index < -0.39 is 40.7 Å². The van der Waals surface area contributed by atoms with Crippen LogP contribution in [0.2, 0.25) is 5.02 Å². The Kier molecular flexibility index (Phi) is 5.52. The number of nitrogens with zero attached hydrogens (tertiary/aromatic N) is 2. The van der Waals surface area contributed by atoms with Gasteiger partial charge in [-0.3, -0.25) is 25.2 Å². The maximum absolute atomic E-state index is 13.5. The van der Waals surface area contributed by atoms with Crippen LogP contribution in [0.25, 0.3) is 0 Å². The highest BCUT2D eigenvalue weighted by Crippen LogP contribution is 2.41. The fourth-order valence-corrected chi connectivity index (χ4v) is 3.45. The fraction of sp³-hybridized carbons (Fsp3) is 0.294. The summed E-state index contributed by atoms with van der Waals surface area (Å²) < 4.78 is 40.6. The van der Waals surface area contributed by atoms with Crippen LogP contribution in [-0.4, -0.2) is 34.1 Å². The van der Waals surface area contributed by atoms with Crippen molar-refractivity contribution in [1.82, 2.24) is 10.3 Å². The molecule has 7 nitrogen and oxygen atoms in total. The van der Waals surface area contributed by atoms with Gasteiger partial charge in [0.2, 0.25) is 5.91 Å². The molecular weight excluding hydrogens is 401 g/mol. The van der Waals surface area contributed by atoms with Crippen molar-refractivity contribution in [1.29, 1.82) is 0 Å². The van der Waals surface area contributed by atoms with Crippen LogP contribution in [0, 0.1) is 10.1 Å². The summed E-state index contributed by atoms with van der Waals surface area (Å²) in [5.74, 6) is -1.73. The van der Waals surface area contributed by atoms with Crippen molar-refractivity contribution >= 4 is 28.9 Å². The van der Waals surface area contributed by atoms with Gasteiger partial charge in [-0.15, -0.1) is 0 Å². The monoisotopic (exact) mass is 414 g/mol. The zero-order valence-corrected chi connectivity index (χ0v) is 14.9. The molecule has 0 bridgehead atoms. The van der Waals surface area contributed by atoms with E-state index in [9.17, 15) is 28.1 Å². The Morgan fingerprint density at radius 3 is 2.54 bits per heavy atom. The Hall–Kier alpha value is -2.72. The average Bonchev–Trinajstić information content (AvgIpc) is 3.08. The third-order valence-electron chi connectivity index (χ3n) is 4.49. The topological polar surface area (TPSA) is 97.2 Å². The van der Waals surface area contributed by atoms with E-state index in [0.29, 0.717) is 5.69 Å². The highest BCUT2D eigenvalue weighted by atomic mass is 35.5. The lowest BCUT2D eigenvalue weighted by atomic mass is 9.90. The van der Waals surface area contributed by atoms with Gasteiger partial charge < -0.3 is 5.32 Å². The maximum Gasteiger partial charge on any atom is 0.404 e. The lowest BCUT2D eigenvalue weighted by Crippen LogP contribution is -2.46. The van der Waals surface area contributed by atoms with Crippen molar-refractivity contribution < 1.29 is 22.9 Å². The molecule has 2 aromatic rings. The molecule has 148 valence electrons. The molecule has 3 unspecified atom stereocenters. The number of anilines is 1. The Labute approximate surface area is 162 Å². The minimum atomic E-state index is -4.62. The van der Waals surface area contributed by atoms with E-state index >= 15 is 0 Å². The van der Waals surface area contributed by atoms with Crippen LogP contribution in [-0.2, 0) is 4.79 Å². The molecular formula is C17H14ClF3N4O3. The van der Waals surface area contributed by atoms with E-state index in [2.05, 4.69) is 15.6 Å². The van der Waals surface area contributed by atoms with Crippen LogP contribution in [0.1, 0.15) is 17.9 Å². The molecule has 3 rings (SSSR count). The number of aromatic nitrogens is 1. The van der Waals surface area contributed by atoms with Crippen LogP contribution in [0.4, 0.5) is 24.5 Å². The predicted molar refractivity (Wildman–Crippen MR) is 95.1 cm³/mol. The number of amides is 1. The average molecular weight is 415 g/mol. The molecule has 2 heterocycles. The minimum absolute atomic E-state index is 0.144. The van der Waals surface area contributed by atoms with Crippen molar-refractivity contribution in [3.05, 3.63) is 63.4 Å². The van der Waals surface area contributed by atoms with E-state index in [4.69, 9.17) is 11.6 Å². The molecule has 1 aliphatic heterocycles. The van der Waals surface area contributed by atoms with Gasteiger partial charge >= 0.3 is 6.18 Å². The molecule has 2 N–H and O–H groups in total. The van der Waals surface area contributed by atoms with Gasteiger partial charge in [-0.1, -0.05) is 17.7 Å². The Balaban J connectivity index is 1.84. The molecule has 0 saturated carbocycles. The van der Waals surface area contributed by atoms with E-state index in [1.165, 1.54) is 30.6 Å². The summed E-state index contributed by atoms with van der Waals surface area (Å²) in [4.78, 5) is 26.3. The number of nitro groups is 1. The van der Waals surface area contributed by atoms with E-state index in [-0.39, 0.29) is 17.0 Å². The number of nitrogens with one attached hydrogen (secondary N) is 2. The fourth-order valence-electron chi connectivity index (χ4n) is 3.19. The summed E-state index contributed by atoms with van der Waals surface area (Å²) in [6.45, 7) is 0. The number of carbonyl (C=O) groups is 1. The standard InChI is InChI=1S/C17H14ClF3N4O3/c18-12-7-9(1-2-14(12)25(27)28)11-8-13(24-15(11)17(19,20)21)16(26)23-10-3-5-22-6-4-10/h1-7,11,13,15,24H,8H2,(H,22,23,26). The number of nitro benzene ring substituents is 1. The Bertz CT molecular complexity index is 895. The maximum atomic E-state index is 13.5. The molecule has 0 radical (unpaired) electrons. The van der Waals surface area contributed by atoms with E-state index in [1.807, 2.05) is 0 Å². The second-order valence-electron chi connectivity index (χ2n) is 6.27. The zero-order chi connectivity index (χ0) is 20.5. The molecule has 3 atom stereocenters. The number of hydrogen-bond donors (Lipinski definition) is 2. The number of rotatable bonds is 4. The Morgan fingerprint density at radius 2 is 1.96 bits per heavy atom. The second kappa shape index (κ2) is 7.72. The van der Waals surface area contributed by atoms with Crippen LogP contribution in [0.3, 0.4) is 0 Å². The number of alkyl halides is 3. The highest BCUT2D eigenvalue weighted by Gasteiger charge is 2.52. The van der Waals surface area contributed by atoms with Crippen LogP contribution >= 0.6 is 11.6 Å². The summed E-state index contributed by atoms with van der Waals surface area (Å²) >= 11 is 5.84. The smallest absolute Gasteiger partial charge is 0.325 e. The van der Waals surface area contributed by atoms with Crippen molar-refractivity contribution in [3.8, 4) is 0 Å². The van der Waals surface area contributed by atoms with Crippen molar-refractivity contribution in [3.63, 3.8) is 0 Å². The minimum Gasteiger partial charge on any atom is -0.325 e. The predicted octanol–water partition coefficient (Wildman–Crippen LogP) is 3.66. The van der Waals surface area contributed by atoms with E-state index in [1.54, 1.807) is 0 Å². The molecule has 1 aromatic heterocycles. The molecule has 0 spiro atoms. The van der Waals surface area contributed by atoms with Gasteiger partial charge in [0.1, 0.15) is 11.1 Å². The van der Waals surface area contributed by atoms with Gasteiger partial charge in [0, 0.05) is 30.1 Å². The van der Waals surface area contributed by atoms with Crippen LogP contribution in [0.5, 0.6) is 0 Å².